The molecule has 0 aliphatic heterocycles. The average Bonchev–Trinajstić information content (AvgIpc) is 2.80. The van der Waals surface area contributed by atoms with E-state index in [2.05, 4.69) is 19.2 Å². The van der Waals surface area contributed by atoms with Crippen LogP contribution in [0.3, 0.4) is 0 Å². The Hall–Kier alpha value is -2.87. The molecule has 1 unspecified atom stereocenters. The zero-order valence-corrected chi connectivity index (χ0v) is 20.1. The van der Waals surface area contributed by atoms with Crippen LogP contribution in [0.15, 0.2) is 48.5 Å². The molecule has 5 nitrogen and oxygen atoms in total. The molecule has 1 aliphatic rings. The summed E-state index contributed by atoms with van der Waals surface area (Å²) in [5, 5.41) is 11.9. The Morgan fingerprint density at radius 2 is 1.63 bits per heavy atom. The number of rotatable bonds is 8. The summed E-state index contributed by atoms with van der Waals surface area (Å²) in [5.41, 5.74) is 7.05. The van der Waals surface area contributed by atoms with E-state index < -0.39 is 23.8 Å². The minimum atomic E-state index is -4.39. The highest BCUT2D eigenvalue weighted by molar-refractivity contribution is 5.94. The molecule has 0 spiro atoms. The van der Waals surface area contributed by atoms with Crippen LogP contribution in [0.5, 0.6) is 0 Å². The molecule has 2 atom stereocenters. The first kappa shape index (κ1) is 26.7. The monoisotopic (exact) mass is 490 g/mol. The number of carbonyl (C=O) groups is 2. The Morgan fingerprint density at radius 3 is 2.14 bits per heavy atom. The topological polar surface area (TPSA) is 92.4 Å². The van der Waals surface area contributed by atoms with Crippen molar-refractivity contribution in [3.8, 4) is 0 Å². The summed E-state index contributed by atoms with van der Waals surface area (Å²) in [6, 6.07) is 10.8. The Morgan fingerprint density at radius 1 is 1.06 bits per heavy atom. The van der Waals surface area contributed by atoms with Crippen molar-refractivity contribution >= 4 is 11.9 Å². The quantitative estimate of drug-likeness (QED) is 0.463. The molecule has 4 N–H and O–H groups in total. The number of alkyl halides is 3. The highest BCUT2D eigenvalue weighted by Crippen LogP contribution is 2.43. The van der Waals surface area contributed by atoms with E-state index in [1.165, 1.54) is 12.1 Å². The van der Waals surface area contributed by atoms with Gasteiger partial charge in [-0.25, -0.2) is 0 Å². The summed E-state index contributed by atoms with van der Waals surface area (Å²) in [4.78, 5) is 23.7. The van der Waals surface area contributed by atoms with Crippen LogP contribution >= 0.6 is 0 Å². The second kappa shape index (κ2) is 10.8. The van der Waals surface area contributed by atoms with Gasteiger partial charge in [-0.2, -0.15) is 13.2 Å². The highest BCUT2D eigenvalue weighted by Gasteiger charge is 2.34. The molecule has 0 saturated heterocycles. The number of carboxylic acids is 1. The van der Waals surface area contributed by atoms with Crippen LogP contribution in [0, 0.1) is 11.3 Å². The fraction of sp³-hybridized carbons (Fsp3) is 0.481. The Labute approximate surface area is 203 Å². The van der Waals surface area contributed by atoms with Crippen LogP contribution in [-0.2, 0) is 17.4 Å². The maximum Gasteiger partial charge on any atom is 0.416 e. The van der Waals surface area contributed by atoms with Gasteiger partial charge in [0.25, 0.3) is 5.91 Å². The van der Waals surface area contributed by atoms with Gasteiger partial charge in [0.15, 0.2) is 0 Å². The van der Waals surface area contributed by atoms with Gasteiger partial charge in [0.05, 0.1) is 5.56 Å². The molecular formula is C27H33F3N2O3. The molecule has 1 aliphatic carbocycles. The smallest absolute Gasteiger partial charge is 0.416 e. The van der Waals surface area contributed by atoms with Gasteiger partial charge < -0.3 is 16.2 Å². The van der Waals surface area contributed by atoms with Gasteiger partial charge in [0.1, 0.15) is 6.04 Å². The standard InChI is InChI=1S/C27H33F3N2O3/c1-26(2)13-11-19(12-14-26)22(18-7-9-21(10-8-18)27(28,29)30)16-32-24(33)20-5-3-17(4-6-20)15-23(31)25(34)35/h3-10,19,22-23H,11-16,31H2,1-2H3,(H,32,33)(H,34,35)/t22-,23?/m0/s1. The molecule has 1 amide bonds. The van der Waals surface area contributed by atoms with Crippen LogP contribution in [0.25, 0.3) is 0 Å². The summed E-state index contributed by atoms with van der Waals surface area (Å²) in [6.07, 6.45) is -0.269. The molecule has 2 aromatic carbocycles. The summed E-state index contributed by atoms with van der Waals surface area (Å²) in [5.74, 6) is -1.20. The molecule has 35 heavy (non-hydrogen) atoms. The van der Waals surface area contributed by atoms with E-state index in [4.69, 9.17) is 10.8 Å². The van der Waals surface area contributed by atoms with Crippen LogP contribution in [-0.4, -0.2) is 29.6 Å². The van der Waals surface area contributed by atoms with Crippen molar-refractivity contribution in [3.05, 3.63) is 70.8 Å². The van der Waals surface area contributed by atoms with Crippen molar-refractivity contribution in [1.82, 2.24) is 5.32 Å². The zero-order valence-electron chi connectivity index (χ0n) is 20.1. The fourth-order valence-corrected chi connectivity index (χ4v) is 4.74. The number of nitrogens with one attached hydrogen (secondary N) is 1. The molecule has 1 fully saturated rings. The number of hydrogen-bond acceptors (Lipinski definition) is 3. The van der Waals surface area contributed by atoms with Crippen molar-refractivity contribution in [2.75, 3.05) is 6.54 Å². The molecule has 8 heteroatoms. The number of hydrogen-bond donors (Lipinski definition) is 3. The lowest BCUT2D eigenvalue weighted by Gasteiger charge is -2.38. The van der Waals surface area contributed by atoms with Crippen molar-refractivity contribution in [2.24, 2.45) is 17.1 Å². The number of aliphatic carboxylic acids is 1. The van der Waals surface area contributed by atoms with E-state index in [9.17, 15) is 22.8 Å². The normalized spacial score (nSPS) is 18.0. The largest absolute Gasteiger partial charge is 0.480 e. The second-order valence-electron chi connectivity index (χ2n) is 10.3. The van der Waals surface area contributed by atoms with Gasteiger partial charge in [0.2, 0.25) is 0 Å². The summed E-state index contributed by atoms with van der Waals surface area (Å²) >= 11 is 0. The lowest BCUT2D eigenvalue weighted by molar-refractivity contribution is -0.139. The molecule has 190 valence electrons. The summed E-state index contributed by atoms with van der Waals surface area (Å²) in [6.45, 7) is 4.77. The third-order valence-electron chi connectivity index (χ3n) is 7.09. The lowest BCUT2D eigenvalue weighted by atomic mass is 9.68. The predicted molar refractivity (Wildman–Crippen MR) is 128 cm³/mol. The first-order chi connectivity index (χ1) is 16.4. The van der Waals surface area contributed by atoms with Crippen LogP contribution in [0.4, 0.5) is 13.2 Å². The number of halogens is 3. The highest BCUT2D eigenvalue weighted by atomic mass is 19.4. The average molecular weight is 491 g/mol. The molecule has 2 aromatic rings. The second-order valence-corrected chi connectivity index (χ2v) is 10.3. The molecule has 0 aromatic heterocycles. The third kappa shape index (κ3) is 7.31. The SMILES string of the molecule is CC1(C)CCC([C@@H](CNC(=O)c2ccc(CC(N)C(=O)O)cc2)c2ccc(C(F)(F)F)cc2)CC1. The van der Waals surface area contributed by atoms with Crippen molar-refractivity contribution in [3.63, 3.8) is 0 Å². The zero-order chi connectivity index (χ0) is 25.8. The van der Waals surface area contributed by atoms with E-state index in [-0.39, 0.29) is 29.6 Å². The van der Waals surface area contributed by atoms with Gasteiger partial charge in [0, 0.05) is 18.0 Å². The fourth-order valence-electron chi connectivity index (χ4n) is 4.74. The van der Waals surface area contributed by atoms with Gasteiger partial charge >= 0.3 is 12.1 Å². The molecular weight excluding hydrogens is 457 g/mol. The first-order valence-corrected chi connectivity index (χ1v) is 11.9. The maximum absolute atomic E-state index is 13.0. The molecule has 0 radical (unpaired) electrons. The van der Waals surface area contributed by atoms with Crippen LogP contribution < -0.4 is 11.1 Å². The van der Waals surface area contributed by atoms with E-state index in [1.807, 2.05) is 0 Å². The summed E-state index contributed by atoms with van der Waals surface area (Å²) in [7, 11) is 0. The molecule has 1 saturated carbocycles. The van der Waals surface area contributed by atoms with Crippen molar-refractivity contribution < 1.29 is 27.9 Å². The molecule has 0 heterocycles. The Balaban J connectivity index is 1.71. The van der Waals surface area contributed by atoms with E-state index in [0.29, 0.717) is 17.7 Å². The van der Waals surface area contributed by atoms with Gasteiger partial charge in [-0.1, -0.05) is 38.1 Å². The minimum Gasteiger partial charge on any atom is -0.480 e. The maximum atomic E-state index is 13.0. The number of carboxylic acid groups (broad SMARTS) is 1. The Kier molecular flexibility index (Phi) is 8.26. The van der Waals surface area contributed by atoms with Gasteiger partial charge in [-0.3, -0.25) is 9.59 Å². The van der Waals surface area contributed by atoms with Gasteiger partial charge in [-0.05, 0) is 78.8 Å². The van der Waals surface area contributed by atoms with Crippen molar-refractivity contribution in [1.29, 1.82) is 0 Å². The predicted octanol–water partition coefficient (Wildman–Crippen LogP) is 5.39. The molecule has 3 rings (SSSR count). The molecule has 0 bridgehead atoms. The summed E-state index contributed by atoms with van der Waals surface area (Å²) < 4.78 is 39.1. The van der Waals surface area contributed by atoms with E-state index in [0.717, 1.165) is 43.4 Å². The number of nitrogens with two attached hydrogens (primary N) is 1. The lowest BCUT2D eigenvalue weighted by Crippen LogP contribution is -2.34. The van der Waals surface area contributed by atoms with Crippen LogP contribution in [0.1, 0.15) is 72.5 Å². The Bertz CT molecular complexity index is 1010. The third-order valence-corrected chi connectivity index (χ3v) is 7.09. The van der Waals surface area contributed by atoms with Crippen LogP contribution in [0.2, 0.25) is 0 Å². The number of amides is 1. The number of benzene rings is 2. The number of carbonyl (C=O) groups excluding carboxylic acids is 1. The first-order valence-electron chi connectivity index (χ1n) is 11.9. The van der Waals surface area contributed by atoms with Crippen molar-refractivity contribution in [2.45, 2.75) is 64.1 Å². The van der Waals surface area contributed by atoms with E-state index in [1.54, 1.807) is 24.3 Å². The van der Waals surface area contributed by atoms with E-state index >= 15 is 0 Å². The minimum absolute atomic E-state index is 0.0924. The van der Waals surface area contributed by atoms with Gasteiger partial charge in [-0.15, -0.1) is 0 Å².